The molecule has 0 atom stereocenters. The Hall–Kier alpha value is -1.90. The molecule has 0 aliphatic heterocycles. The van der Waals surface area contributed by atoms with Crippen LogP contribution >= 0.6 is 11.6 Å². The van der Waals surface area contributed by atoms with Gasteiger partial charge in [0.2, 0.25) is 15.9 Å². The Morgan fingerprint density at radius 2 is 2.00 bits per heavy atom. The first-order valence-electron chi connectivity index (χ1n) is 6.79. The lowest BCUT2D eigenvalue weighted by Gasteiger charge is -2.07. The quantitative estimate of drug-likeness (QED) is 0.790. The van der Waals surface area contributed by atoms with Crippen LogP contribution in [-0.4, -0.2) is 26.0 Å². The fraction of sp³-hybridized carbons (Fsp3) is 0.286. The molecule has 0 bridgehead atoms. The van der Waals surface area contributed by atoms with E-state index >= 15 is 0 Å². The first-order valence-corrected chi connectivity index (χ1v) is 8.82. The lowest BCUT2D eigenvalue weighted by Crippen LogP contribution is -2.28. The summed E-state index contributed by atoms with van der Waals surface area (Å²) >= 11 is 5.75. The van der Waals surface area contributed by atoms with E-state index in [2.05, 4.69) is 15.2 Å². The Morgan fingerprint density at radius 1 is 1.30 bits per heavy atom. The summed E-state index contributed by atoms with van der Waals surface area (Å²) in [5.74, 6) is 0.349. The van der Waals surface area contributed by atoms with E-state index in [4.69, 9.17) is 16.1 Å². The summed E-state index contributed by atoms with van der Waals surface area (Å²) in [4.78, 5) is 11.7. The number of amides is 1. The molecule has 0 fully saturated rings. The van der Waals surface area contributed by atoms with Crippen LogP contribution in [0, 0.1) is 6.92 Å². The smallest absolute Gasteiger partial charge is 0.226 e. The molecule has 0 spiro atoms. The van der Waals surface area contributed by atoms with Crippen LogP contribution in [-0.2, 0) is 20.6 Å². The second-order valence-electron chi connectivity index (χ2n) is 4.90. The van der Waals surface area contributed by atoms with E-state index in [-0.39, 0.29) is 24.6 Å². The molecule has 2 rings (SSSR count). The number of hydrogen-bond acceptors (Lipinski definition) is 5. The summed E-state index contributed by atoms with van der Waals surface area (Å²) in [6, 6.07) is 8.10. The number of nitrogens with one attached hydrogen (secondary N) is 2. The van der Waals surface area contributed by atoms with Crippen LogP contribution in [0.4, 0.5) is 5.82 Å². The van der Waals surface area contributed by atoms with Gasteiger partial charge in [0, 0.05) is 24.1 Å². The van der Waals surface area contributed by atoms with E-state index in [1.54, 1.807) is 37.3 Å². The first-order chi connectivity index (χ1) is 10.8. The highest BCUT2D eigenvalue weighted by atomic mass is 35.5. The van der Waals surface area contributed by atoms with Crippen molar-refractivity contribution in [3.05, 3.63) is 46.7 Å². The van der Waals surface area contributed by atoms with Crippen molar-refractivity contribution in [3.63, 3.8) is 0 Å². The van der Waals surface area contributed by atoms with Gasteiger partial charge in [0.1, 0.15) is 5.76 Å². The molecule has 1 heterocycles. The van der Waals surface area contributed by atoms with E-state index in [1.165, 1.54) is 0 Å². The Kier molecular flexibility index (Phi) is 5.75. The minimum atomic E-state index is -3.52. The van der Waals surface area contributed by atoms with Gasteiger partial charge in [-0.25, -0.2) is 13.1 Å². The average Bonchev–Trinajstić information content (AvgIpc) is 2.86. The average molecular weight is 358 g/mol. The molecular weight excluding hydrogens is 342 g/mol. The molecule has 1 aromatic carbocycles. The zero-order chi connectivity index (χ0) is 16.9. The zero-order valence-electron chi connectivity index (χ0n) is 12.4. The number of aryl methyl sites for hydroxylation is 1. The van der Waals surface area contributed by atoms with Crippen LogP contribution < -0.4 is 10.0 Å². The van der Waals surface area contributed by atoms with Gasteiger partial charge in [-0.05, 0) is 24.6 Å². The van der Waals surface area contributed by atoms with Crippen molar-refractivity contribution >= 4 is 33.3 Å². The van der Waals surface area contributed by atoms with Crippen LogP contribution in [0.1, 0.15) is 17.7 Å². The van der Waals surface area contributed by atoms with E-state index in [9.17, 15) is 13.2 Å². The maximum Gasteiger partial charge on any atom is 0.226 e. The predicted octanol–water partition coefficient (Wildman–Crippen LogP) is 2.08. The normalized spacial score (nSPS) is 11.4. The summed E-state index contributed by atoms with van der Waals surface area (Å²) in [5, 5.41) is 6.67. The van der Waals surface area contributed by atoms with Gasteiger partial charge in [-0.2, -0.15) is 0 Å². The van der Waals surface area contributed by atoms with Crippen molar-refractivity contribution in [2.75, 3.05) is 11.9 Å². The van der Waals surface area contributed by atoms with Crippen LogP contribution in [0.15, 0.2) is 34.9 Å². The molecule has 1 amide bonds. The molecule has 0 aliphatic rings. The van der Waals surface area contributed by atoms with E-state index in [0.717, 1.165) is 0 Å². The van der Waals surface area contributed by atoms with Crippen molar-refractivity contribution in [3.8, 4) is 0 Å². The van der Waals surface area contributed by atoms with Crippen LogP contribution in [0.25, 0.3) is 0 Å². The minimum absolute atomic E-state index is 0.00140. The fourth-order valence-corrected chi connectivity index (χ4v) is 3.07. The number of aromatic nitrogens is 1. The minimum Gasteiger partial charge on any atom is -0.360 e. The highest BCUT2D eigenvalue weighted by molar-refractivity contribution is 7.88. The van der Waals surface area contributed by atoms with Gasteiger partial charge in [0.15, 0.2) is 5.82 Å². The summed E-state index contributed by atoms with van der Waals surface area (Å²) < 4.78 is 31.0. The number of sulfonamides is 1. The van der Waals surface area contributed by atoms with Crippen molar-refractivity contribution in [2.24, 2.45) is 0 Å². The number of hydrogen-bond donors (Lipinski definition) is 2. The van der Waals surface area contributed by atoms with Gasteiger partial charge in [0.05, 0.1) is 5.75 Å². The summed E-state index contributed by atoms with van der Waals surface area (Å²) in [6.45, 7) is 1.70. The summed E-state index contributed by atoms with van der Waals surface area (Å²) in [5.41, 5.74) is 0.615. The van der Waals surface area contributed by atoms with Crippen molar-refractivity contribution in [1.82, 2.24) is 9.88 Å². The lowest BCUT2D eigenvalue weighted by molar-refractivity contribution is -0.116. The molecule has 23 heavy (non-hydrogen) atoms. The van der Waals surface area contributed by atoms with Crippen LogP contribution in [0.3, 0.4) is 0 Å². The van der Waals surface area contributed by atoms with Gasteiger partial charge >= 0.3 is 0 Å². The number of benzene rings is 1. The van der Waals surface area contributed by atoms with Crippen molar-refractivity contribution in [2.45, 2.75) is 19.1 Å². The van der Waals surface area contributed by atoms with Crippen LogP contribution in [0.2, 0.25) is 5.02 Å². The number of rotatable bonds is 7. The molecule has 0 saturated carbocycles. The number of anilines is 1. The lowest BCUT2D eigenvalue weighted by atomic mass is 10.2. The number of nitrogens with zero attached hydrogens (tertiary/aromatic N) is 1. The highest BCUT2D eigenvalue weighted by Crippen LogP contribution is 2.11. The third-order valence-corrected chi connectivity index (χ3v) is 4.45. The molecular formula is C14H16ClN3O4S. The topological polar surface area (TPSA) is 101 Å². The van der Waals surface area contributed by atoms with Gasteiger partial charge in [-0.1, -0.05) is 28.9 Å². The maximum atomic E-state index is 11.9. The third-order valence-electron chi connectivity index (χ3n) is 2.84. The fourth-order valence-electron chi connectivity index (χ4n) is 1.80. The standard InChI is InChI=1S/C14H16ClN3O4S/c1-10-8-13(18-22-10)17-14(19)6-7-16-23(20,21)9-11-2-4-12(15)5-3-11/h2-5,8,16H,6-7,9H2,1H3,(H,17,18,19). The van der Waals surface area contributed by atoms with Gasteiger partial charge in [-0.15, -0.1) is 0 Å². The van der Waals surface area contributed by atoms with Gasteiger partial charge < -0.3 is 9.84 Å². The molecule has 0 radical (unpaired) electrons. The van der Waals surface area contributed by atoms with Crippen LogP contribution in [0.5, 0.6) is 0 Å². The zero-order valence-corrected chi connectivity index (χ0v) is 13.9. The van der Waals surface area contributed by atoms with Gasteiger partial charge in [0.25, 0.3) is 0 Å². The Bertz CT molecular complexity index is 772. The first kappa shape index (κ1) is 17.5. The molecule has 9 heteroatoms. The largest absolute Gasteiger partial charge is 0.360 e. The molecule has 0 unspecified atom stereocenters. The van der Waals surface area contributed by atoms with Gasteiger partial charge in [-0.3, -0.25) is 4.79 Å². The molecule has 2 N–H and O–H groups in total. The van der Waals surface area contributed by atoms with E-state index in [0.29, 0.717) is 22.2 Å². The summed E-state index contributed by atoms with van der Waals surface area (Å²) in [6.07, 6.45) is -0.00818. The number of halogens is 1. The van der Waals surface area contributed by atoms with E-state index in [1.807, 2.05) is 0 Å². The highest BCUT2D eigenvalue weighted by Gasteiger charge is 2.12. The Morgan fingerprint density at radius 3 is 2.61 bits per heavy atom. The number of carbonyl (C=O) groups excluding carboxylic acids is 1. The molecule has 124 valence electrons. The SMILES string of the molecule is Cc1cc(NC(=O)CCNS(=O)(=O)Cc2ccc(Cl)cc2)no1. The number of carbonyl (C=O) groups is 1. The maximum absolute atomic E-state index is 11.9. The molecule has 0 aliphatic carbocycles. The molecule has 7 nitrogen and oxygen atoms in total. The predicted molar refractivity (Wildman–Crippen MR) is 86.6 cm³/mol. The van der Waals surface area contributed by atoms with E-state index < -0.39 is 10.0 Å². The monoisotopic (exact) mass is 357 g/mol. The van der Waals surface area contributed by atoms with Crippen molar-refractivity contribution in [1.29, 1.82) is 0 Å². The Balaban J connectivity index is 1.77. The molecule has 0 saturated heterocycles. The second kappa shape index (κ2) is 7.58. The third kappa shape index (κ3) is 6.01. The summed E-state index contributed by atoms with van der Waals surface area (Å²) in [7, 11) is -3.52. The Labute approximate surface area is 139 Å². The van der Waals surface area contributed by atoms with Crippen molar-refractivity contribution < 1.29 is 17.7 Å². The molecule has 1 aromatic heterocycles. The second-order valence-corrected chi connectivity index (χ2v) is 7.14. The molecule has 2 aromatic rings.